The molecule has 82 valence electrons. The fourth-order valence-corrected chi connectivity index (χ4v) is 0.942. The Labute approximate surface area is 92.0 Å². The number of aryl methyl sites for hydroxylation is 1. The molecule has 1 amide bonds. The summed E-state index contributed by atoms with van der Waals surface area (Å²) in [7, 11) is 0. The van der Waals surface area contributed by atoms with E-state index >= 15 is 0 Å². The maximum atomic E-state index is 11.3. The van der Waals surface area contributed by atoms with Gasteiger partial charge >= 0.3 is 0 Å². The average molecular weight is 205 g/mol. The van der Waals surface area contributed by atoms with Gasteiger partial charge in [-0.3, -0.25) is 4.79 Å². The van der Waals surface area contributed by atoms with E-state index < -0.39 is 0 Å². The van der Waals surface area contributed by atoms with Gasteiger partial charge in [0.15, 0.2) is 0 Å². The van der Waals surface area contributed by atoms with Gasteiger partial charge in [0.2, 0.25) is 0 Å². The molecule has 0 saturated heterocycles. The summed E-state index contributed by atoms with van der Waals surface area (Å²) >= 11 is 0. The van der Waals surface area contributed by atoms with Crippen molar-refractivity contribution in [2.75, 3.05) is 5.32 Å². The zero-order valence-electron chi connectivity index (χ0n) is 9.92. The van der Waals surface area contributed by atoms with Crippen molar-refractivity contribution in [3.63, 3.8) is 0 Å². The maximum Gasteiger partial charge on any atom is 0.250 e. The van der Waals surface area contributed by atoms with Gasteiger partial charge in [-0.2, -0.15) is 0 Å². The van der Waals surface area contributed by atoms with Crippen molar-refractivity contribution in [3.05, 3.63) is 42.0 Å². The first-order chi connectivity index (χ1) is 7.11. The topological polar surface area (TPSA) is 29.1 Å². The van der Waals surface area contributed by atoms with E-state index in [-0.39, 0.29) is 5.91 Å². The van der Waals surface area contributed by atoms with E-state index in [1.54, 1.807) is 6.92 Å². The van der Waals surface area contributed by atoms with Crippen LogP contribution in [0.4, 0.5) is 5.69 Å². The second kappa shape index (κ2) is 6.82. The molecular formula is C13H19NO. The summed E-state index contributed by atoms with van der Waals surface area (Å²) in [5, 5.41) is 2.77. The van der Waals surface area contributed by atoms with Crippen LogP contribution in [-0.4, -0.2) is 5.91 Å². The predicted octanol–water partition coefficient (Wildman–Crippen LogP) is 3.54. The lowest BCUT2D eigenvalue weighted by molar-refractivity contribution is -0.112. The second-order valence-corrected chi connectivity index (χ2v) is 3.05. The molecule has 0 bridgehead atoms. The molecule has 15 heavy (non-hydrogen) atoms. The molecule has 0 unspecified atom stereocenters. The van der Waals surface area contributed by atoms with Crippen LogP contribution in [0.5, 0.6) is 0 Å². The molecule has 2 heteroatoms. The number of nitrogens with one attached hydrogen (secondary N) is 1. The minimum atomic E-state index is -0.130. The SMILES string of the molecule is C=C(C)C(=O)Nc1ccccc1C.CC. The van der Waals surface area contributed by atoms with Crippen molar-refractivity contribution in [3.8, 4) is 0 Å². The van der Waals surface area contributed by atoms with Crippen LogP contribution in [0.15, 0.2) is 36.4 Å². The molecule has 0 aliphatic rings. The van der Waals surface area contributed by atoms with Crippen LogP contribution in [0.2, 0.25) is 0 Å². The van der Waals surface area contributed by atoms with Crippen molar-refractivity contribution in [2.24, 2.45) is 0 Å². The number of carbonyl (C=O) groups excluding carboxylic acids is 1. The van der Waals surface area contributed by atoms with Crippen molar-refractivity contribution in [1.29, 1.82) is 0 Å². The smallest absolute Gasteiger partial charge is 0.250 e. The number of hydrogen-bond donors (Lipinski definition) is 1. The number of hydrogen-bond acceptors (Lipinski definition) is 1. The summed E-state index contributed by atoms with van der Waals surface area (Å²) in [5.41, 5.74) is 2.41. The van der Waals surface area contributed by atoms with Crippen molar-refractivity contribution >= 4 is 11.6 Å². The largest absolute Gasteiger partial charge is 0.322 e. The molecule has 1 N–H and O–H groups in total. The van der Waals surface area contributed by atoms with Gasteiger partial charge < -0.3 is 5.32 Å². The standard InChI is InChI=1S/C11H13NO.C2H6/c1-8(2)11(13)12-10-7-5-4-6-9(10)3;1-2/h4-7H,1H2,2-3H3,(H,12,13);1-2H3. The Balaban J connectivity index is 0.000000921. The van der Waals surface area contributed by atoms with Crippen LogP contribution in [0, 0.1) is 6.92 Å². The van der Waals surface area contributed by atoms with Crippen LogP contribution < -0.4 is 5.32 Å². The molecule has 0 aliphatic carbocycles. The van der Waals surface area contributed by atoms with Gasteiger partial charge in [0.1, 0.15) is 0 Å². The number of anilines is 1. The Hall–Kier alpha value is -1.57. The van der Waals surface area contributed by atoms with E-state index in [4.69, 9.17) is 0 Å². The third-order valence-electron chi connectivity index (χ3n) is 1.78. The fourth-order valence-electron chi connectivity index (χ4n) is 0.942. The summed E-state index contributed by atoms with van der Waals surface area (Å²) in [6.07, 6.45) is 0. The van der Waals surface area contributed by atoms with E-state index in [0.29, 0.717) is 5.57 Å². The Bertz CT molecular complexity index is 342. The average Bonchev–Trinajstić information content (AvgIpc) is 2.24. The molecule has 0 saturated carbocycles. The first-order valence-corrected chi connectivity index (χ1v) is 5.14. The molecule has 2 nitrogen and oxygen atoms in total. The summed E-state index contributed by atoms with van der Waals surface area (Å²) in [6.45, 7) is 11.2. The van der Waals surface area contributed by atoms with Gasteiger partial charge in [-0.15, -0.1) is 0 Å². The Morgan fingerprint density at radius 2 is 1.80 bits per heavy atom. The van der Waals surface area contributed by atoms with Gasteiger partial charge in [0.05, 0.1) is 0 Å². The summed E-state index contributed by atoms with van der Waals surface area (Å²) in [4.78, 5) is 11.3. The Morgan fingerprint density at radius 3 is 2.27 bits per heavy atom. The normalized spacial score (nSPS) is 8.53. The van der Waals surface area contributed by atoms with Gasteiger partial charge in [0, 0.05) is 11.3 Å². The third kappa shape index (κ3) is 4.45. The van der Waals surface area contributed by atoms with E-state index in [1.165, 1.54) is 0 Å². The second-order valence-electron chi connectivity index (χ2n) is 3.05. The lowest BCUT2D eigenvalue weighted by Crippen LogP contribution is -2.12. The van der Waals surface area contributed by atoms with Crippen LogP contribution in [0.1, 0.15) is 26.3 Å². The zero-order valence-corrected chi connectivity index (χ0v) is 9.92. The van der Waals surface area contributed by atoms with Crippen LogP contribution in [-0.2, 0) is 4.79 Å². The molecule has 1 aromatic rings. The van der Waals surface area contributed by atoms with Crippen LogP contribution in [0.25, 0.3) is 0 Å². The lowest BCUT2D eigenvalue weighted by atomic mass is 10.2. The Morgan fingerprint density at radius 1 is 1.27 bits per heavy atom. The number of rotatable bonds is 2. The first kappa shape index (κ1) is 13.4. The highest BCUT2D eigenvalue weighted by Gasteiger charge is 2.03. The summed E-state index contributed by atoms with van der Waals surface area (Å²) in [6, 6.07) is 7.65. The zero-order chi connectivity index (χ0) is 11.8. The van der Waals surface area contributed by atoms with Gasteiger partial charge in [-0.05, 0) is 25.5 Å². The number of carbonyl (C=O) groups is 1. The number of amides is 1. The van der Waals surface area contributed by atoms with Crippen LogP contribution in [0.3, 0.4) is 0 Å². The summed E-state index contributed by atoms with van der Waals surface area (Å²) in [5.74, 6) is -0.130. The first-order valence-electron chi connectivity index (χ1n) is 5.14. The molecular weight excluding hydrogens is 186 g/mol. The molecule has 0 fully saturated rings. The van der Waals surface area contributed by atoms with Crippen molar-refractivity contribution < 1.29 is 4.79 Å². The van der Waals surface area contributed by atoms with Crippen LogP contribution >= 0.6 is 0 Å². The molecule has 0 aromatic heterocycles. The molecule has 1 rings (SSSR count). The summed E-state index contributed by atoms with van der Waals surface area (Å²) < 4.78 is 0. The highest BCUT2D eigenvalue weighted by molar-refractivity contribution is 6.03. The predicted molar refractivity (Wildman–Crippen MR) is 66.0 cm³/mol. The molecule has 0 radical (unpaired) electrons. The Kier molecular flexibility index (Phi) is 6.11. The van der Waals surface area contributed by atoms with E-state index in [9.17, 15) is 4.79 Å². The molecule has 0 heterocycles. The number of para-hydroxylation sites is 1. The highest BCUT2D eigenvalue weighted by Crippen LogP contribution is 2.13. The van der Waals surface area contributed by atoms with E-state index in [2.05, 4.69) is 11.9 Å². The van der Waals surface area contributed by atoms with Crippen molar-refractivity contribution in [1.82, 2.24) is 0 Å². The monoisotopic (exact) mass is 205 g/mol. The van der Waals surface area contributed by atoms with Gasteiger partial charge in [-0.25, -0.2) is 0 Å². The minimum Gasteiger partial charge on any atom is -0.322 e. The number of benzene rings is 1. The fraction of sp³-hybridized carbons (Fsp3) is 0.308. The molecule has 0 spiro atoms. The maximum absolute atomic E-state index is 11.3. The molecule has 0 aliphatic heterocycles. The quantitative estimate of drug-likeness (QED) is 0.735. The minimum absolute atomic E-state index is 0.130. The van der Waals surface area contributed by atoms with Gasteiger partial charge in [-0.1, -0.05) is 38.6 Å². The molecule has 0 atom stereocenters. The van der Waals surface area contributed by atoms with E-state index in [0.717, 1.165) is 11.3 Å². The lowest BCUT2D eigenvalue weighted by Gasteiger charge is -2.06. The van der Waals surface area contributed by atoms with Crippen molar-refractivity contribution in [2.45, 2.75) is 27.7 Å². The van der Waals surface area contributed by atoms with Gasteiger partial charge in [0.25, 0.3) is 5.91 Å². The van der Waals surface area contributed by atoms with E-state index in [1.807, 2.05) is 45.0 Å². The third-order valence-corrected chi connectivity index (χ3v) is 1.78. The highest BCUT2D eigenvalue weighted by atomic mass is 16.1. The molecule has 1 aromatic carbocycles.